The quantitative estimate of drug-likeness (QED) is 0.510. The Morgan fingerprint density at radius 2 is 2.44 bits per heavy atom. The molecule has 0 aliphatic heterocycles. The van der Waals surface area contributed by atoms with Crippen molar-refractivity contribution in [3.63, 3.8) is 0 Å². The number of hydrogen-bond acceptors (Lipinski definition) is 1. The van der Waals surface area contributed by atoms with Gasteiger partial charge in [0.25, 0.3) is 0 Å². The first-order chi connectivity index (χ1) is 4.16. The molecule has 0 aromatic carbocycles. The van der Waals surface area contributed by atoms with Crippen molar-refractivity contribution in [3.05, 3.63) is 0 Å². The fourth-order valence-electron chi connectivity index (χ4n) is 1.78. The number of rotatable bonds is 1. The third kappa shape index (κ3) is 1.48. The highest BCUT2D eigenvalue weighted by atomic mass is 16.3. The van der Waals surface area contributed by atoms with Gasteiger partial charge in [-0.15, -0.1) is 0 Å². The van der Waals surface area contributed by atoms with Gasteiger partial charge in [-0.1, -0.05) is 19.2 Å². The molecule has 0 aromatic heterocycles. The molecule has 1 fully saturated rings. The van der Waals surface area contributed by atoms with Gasteiger partial charge in [-0.2, -0.15) is 0 Å². The summed E-state index contributed by atoms with van der Waals surface area (Å²) in [5, 5.41) is 8.94. The summed E-state index contributed by atoms with van der Waals surface area (Å²) in [5.41, 5.74) is 0.263. The van der Waals surface area contributed by atoms with E-state index in [-0.39, 0.29) is 5.41 Å². The lowest BCUT2D eigenvalue weighted by Crippen LogP contribution is -2.16. The van der Waals surface area contributed by atoms with Gasteiger partial charge in [0.05, 0.1) is 0 Å². The topological polar surface area (TPSA) is 20.2 Å². The molecule has 9 heavy (non-hydrogen) atoms. The van der Waals surface area contributed by atoms with Gasteiger partial charge in [0.15, 0.2) is 0 Å². The van der Waals surface area contributed by atoms with Crippen LogP contribution in [0.5, 0.6) is 0 Å². The van der Waals surface area contributed by atoms with E-state index < -0.39 is 0 Å². The second kappa shape index (κ2) is 2.33. The molecule has 0 heterocycles. The molecule has 1 aliphatic carbocycles. The second-order valence-electron chi connectivity index (χ2n) is 3.82. The fraction of sp³-hybridized carbons (Fsp3) is 1.00. The van der Waals surface area contributed by atoms with E-state index in [9.17, 15) is 0 Å². The van der Waals surface area contributed by atoms with Crippen molar-refractivity contribution in [2.75, 3.05) is 6.61 Å². The van der Waals surface area contributed by atoms with Gasteiger partial charge in [-0.25, -0.2) is 0 Å². The van der Waals surface area contributed by atoms with Crippen molar-refractivity contribution >= 4 is 7.85 Å². The van der Waals surface area contributed by atoms with Gasteiger partial charge in [-0.3, -0.25) is 0 Å². The molecule has 0 amide bonds. The maximum absolute atomic E-state index is 8.94. The van der Waals surface area contributed by atoms with Crippen LogP contribution in [0, 0.1) is 5.41 Å². The zero-order chi connectivity index (χ0) is 6.91. The zero-order valence-corrected chi connectivity index (χ0v) is 6.35. The van der Waals surface area contributed by atoms with Crippen LogP contribution in [-0.2, 0) is 0 Å². The maximum Gasteiger partial charge on any atom is 0.105 e. The van der Waals surface area contributed by atoms with E-state index in [2.05, 4.69) is 14.8 Å². The predicted octanol–water partition coefficient (Wildman–Crippen LogP) is 0.591. The molecule has 2 atom stereocenters. The van der Waals surface area contributed by atoms with E-state index in [4.69, 9.17) is 5.11 Å². The average Bonchev–Trinajstić information content (AvgIpc) is 2.13. The molecular weight excluding hydrogens is 111 g/mol. The SMILES string of the molecule is BC1CC[C@@](C)(CO)C1. The Labute approximate surface area is 57.9 Å². The lowest BCUT2D eigenvalue weighted by molar-refractivity contribution is 0.149. The van der Waals surface area contributed by atoms with Crippen molar-refractivity contribution in [3.8, 4) is 0 Å². The number of aliphatic hydroxyl groups excluding tert-OH is 1. The Morgan fingerprint density at radius 1 is 1.78 bits per heavy atom. The van der Waals surface area contributed by atoms with E-state index in [1.54, 1.807) is 0 Å². The van der Waals surface area contributed by atoms with Crippen molar-refractivity contribution < 1.29 is 5.11 Å². The van der Waals surface area contributed by atoms with Gasteiger partial charge >= 0.3 is 0 Å². The summed E-state index contributed by atoms with van der Waals surface area (Å²) >= 11 is 0. The first kappa shape index (κ1) is 7.14. The Hall–Kier alpha value is 0.0249. The largest absolute Gasteiger partial charge is 0.396 e. The molecule has 1 unspecified atom stereocenters. The summed E-state index contributed by atoms with van der Waals surface area (Å²) in [6, 6.07) is 0. The van der Waals surface area contributed by atoms with Gasteiger partial charge in [0.1, 0.15) is 7.85 Å². The molecule has 0 spiro atoms. The summed E-state index contributed by atoms with van der Waals surface area (Å²) in [6.45, 7) is 2.55. The highest BCUT2D eigenvalue weighted by Gasteiger charge is 2.31. The smallest absolute Gasteiger partial charge is 0.105 e. The Balaban J connectivity index is 2.45. The van der Waals surface area contributed by atoms with Crippen molar-refractivity contribution in [1.82, 2.24) is 0 Å². The highest BCUT2D eigenvalue weighted by molar-refractivity contribution is 6.11. The van der Waals surface area contributed by atoms with Crippen LogP contribution in [-0.4, -0.2) is 19.6 Å². The molecular formula is C7H15BO. The van der Waals surface area contributed by atoms with Crippen LogP contribution in [0.3, 0.4) is 0 Å². The van der Waals surface area contributed by atoms with Crippen LogP contribution in [0.4, 0.5) is 0 Å². The van der Waals surface area contributed by atoms with Crippen LogP contribution in [0.1, 0.15) is 26.2 Å². The Morgan fingerprint density at radius 3 is 2.67 bits per heavy atom. The monoisotopic (exact) mass is 126 g/mol. The number of hydrogen-bond donors (Lipinski definition) is 1. The zero-order valence-electron chi connectivity index (χ0n) is 6.35. The maximum atomic E-state index is 8.94. The van der Waals surface area contributed by atoms with E-state index in [0.29, 0.717) is 6.61 Å². The van der Waals surface area contributed by atoms with E-state index in [1.807, 2.05) is 0 Å². The molecule has 0 aromatic rings. The standard InChI is InChI=1S/C7H15BO/c1-7(5-9)3-2-6(8)4-7/h6,9H,2-5,8H2,1H3/t6?,7-/m1/s1. The third-order valence-corrected chi connectivity index (χ3v) is 2.46. The predicted molar refractivity (Wildman–Crippen MR) is 41.3 cm³/mol. The van der Waals surface area contributed by atoms with Crippen LogP contribution in [0.15, 0.2) is 0 Å². The Kier molecular flexibility index (Phi) is 1.85. The summed E-state index contributed by atoms with van der Waals surface area (Å²) < 4.78 is 0. The lowest BCUT2D eigenvalue weighted by atomic mass is 9.81. The van der Waals surface area contributed by atoms with Crippen LogP contribution in [0.25, 0.3) is 0 Å². The lowest BCUT2D eigenvalue weighted by Gasteiger charge is -2.19. The number of aliphatic hydroxyl groups is 1. The second-order valence-corrected chi connectivity index (χ2v) is 3.82. The van der Waals surface area contributed by atoms with Crippen molar-refractivity contribution in [1.29, 1.82) is 0 Å². The minimum Gasteiger partial charge on any atom is -0.396 e. The summed E-state index contributed by atoms with van der Waals surface area (Å²) in [4.78, 5) is 0. The van der Waals surface area contributed by atoms with Gasteiger partial charge in [0.2, 0.25) is 0 Å². The summed E-state index contributed by atoms with van der Waals surface area (Å²) in [7, 11) is 2.26. The molecule has 1 saturated carbocycles. The molecule has 0 bridgehead atoms. The molecule has 2 heteroatoms. The van der Waals surface area contributed by atoms with E-state index >= 15 is 0 Å². The Bertz CT molecular complexity index is 105. The van der Waals surface area contributed by atoms with Crippen molar-refractivity contribution in [2.24, 2.45) is 5.41 Å². The molecule has 0 saturated heterocycles. The van der Waals surface area contributed by atoms with Crippen LogP contribution < -0.4 is 0 Å². The van der Waals surface area contributed by atoms with Crippen LogP contribution in [0.2, 0.25) is 5.82 Å². The van der Waals surface area contributed by atoms with Crippen molar-refractivity contribution in [2.45, 2.75) is 32.0 Å². The molecule has 1 nitrogen and oxygen atoms in total. The highest BCUT2D eigenvalue weighted by Crippen LogP contribution is 2.42. The van der Waals surface area contributed by atoms with Crippen LogP contribution >= 0.6 is 0 Å². The van der Waals surface area contributed by atoms with Gasteiger partial charge < -0.3 is 5.11 Å². The van der Waals surface area contributed by atoms with E-state index in [0.717, 1.165) is 5.82 Å². The minimum atomic E-state index is 0.263. The third-order valence-electron chi connectivity index (χ3n) is 2.46. The van der Waals surface area contributed by atoms with Gasteiger partial charge in [-0.05, 0) is 18.3 Å². The summed E-state index contributed by atoms with van der Waals surface area (Å²) in [6.07, 6.45) is 3.73. The molecule has 0 radical (unpaired) electrons. The first-order valence-electron chi connectivity index (χ1n) is 3.77. The molecule has 1 aliphatic rings. The molecule has 1 rings (SSSR count). The molecule has 52 valence electrons. The van der Waals surface area contributed by atoms with E-state index in [1.165, 1.54) is 19.3 Å². The first-order valence-corrected chi connectivity index (χ1v) is 3.77. The summed E-state index contributed by atoms with van der Waals surface area (Å²) in [5.74, 6) is 0.835. The van der Waals surface area contributed by atoms with Gasteiger partial charge in [0, 0.05) is 6.61 Å². The minimum absolute atomic E-state index is 0.263. The molecule has 1 N–H and O–H groups in total. The average molecular weight is 126 g/mol. The fourth-order valence-corrected chi connectivity index (χ4v) is 1.78. The normalized spacial score (nSPS) is 43.6.